The molecule has 0 aliphatic carbocycles. The fourth-order valence-electron chi connectivity index (χ4n) is 0.627. The molecular weight excluding hydrogens is 196 g/mol. The van der Waals surface area contributed by atoms with E-state index in [4.69, 9.17) is 5.26 Å². The van der Waals surface area contributed by atoms with Gasteiger partial charge in [0.25, 0.3) is 0 Å². The van der Waals surface area contributed by atoms with Gasteiger partial charge in [-0.25, -0.2) is 4.79 Å². The minimum absolute atomic E-state index is 0. The molecule has 0 aromatic heterocycles. The first-order valence-electron chi connectivity index (χ1n) is 2.75. The summed E-state index contributed by atoms with van der Waals surface area (Å²) in [6.45, 7) is 0. The fourth-order valence-corrected chi connectivity index (χ4v) is 0.627. The van der Waals surface area contributed by atoms with Crippen LogP contribution < -0.4 is 0 Å². The Morgan fingerprint density at radius 2 is 1.82 bits per heavy atom. The van der Waals surface area contributed by atoms with Crippen LogP contribution in [0.5, 0.6) is 0 Å². The summed E-state index contributed by atoms with van der Waals surface area (Å²) in [5, 5.41) is 7.94. The molecule has 1 N–H and O–H groups in total. The molecule has 0 heterocycles. The van der Waals surface area contributed by atoms with Crippen LogP contribution >= 0.6 is 0 Å². The van der Waals surface area contributed by atoms with Crippen LogP contribution in [-0.2, 0) is 22.0 Å². The number of rotatable bonds is 1. The largest absolute Gasteiger partial charge is 0.372 e. The molecule has 4 heteroatoms. The van der Waals surface area contributed by atoms with Crippen LogP contribution in [0.25, 0.3) is 0 Å². The minimum Gasteiger partial charge on any atom is -0.296 e. The molecule has 0 atom stereocenters. The number of carbonyl (C=O) groups excluding carboxylic acids is 1. The molecule has 0 aliphatic rings. The van der Waals surface area contributed by atoms with E-state index in [-0.39, 0.29) is 17.1 Å². The van der Waals surface area contributed by atoms with Crippen molar-refractivity contribution in [1.29, 1.82) is 0 Å². The van der Waals surface area contributed by atoms with E-state index in [1.165, 1.54) is 0 Å². The van der Waals surface area contributed by atoms with Gasteiger partial charge in [0.1, 0.15) is 0 Å². The van der Waals surface area contributed by atoms with E-state index < -0.39 is 5.97 Å². The maximum Gasteiger partial charge on any atom is 0.372 e. The van der Waals surface area contributed by atoms with E-state index in [0.717, 1.165) is 0 Å². The zero-order valence-corrected chi connectivity index (χ0v) is 6.39. The summed E-state index contributed by atoms with van der Waals surface area (Å²) in [6.07, 6.45) is 0. The van der Waals surface area contributed by atoms with Gasteiger partial charge in [-0.05, 0) is 12.1 Å². The summed E-state index contributed by atoms with van der Waals surface area (Å²) < 4.78 is 0. The van der Waals surface area contributed by atoms with Crippen LogP contribution in [0.4, 0.5) is 0 Å². The van der Waals surface area contributed by atoms with Crippen LogP contribution in [0.15, 0.2) is 30.3 Å². The molecule has 0 aliphatic heterocycles. The molecule has 1 radical (unpaired) electrons. The number of hydrogen-bond donors (Lipinski definition) is 1. The average Bonchev–Trinajstić information content (AvgIpc) is 2.05. The van der Waals surface area contributed by atoms with Gasteiger partial charge in [-0.1, -0.05) is 18.2 Å². The Balaban J connectivity index is 0.000001000. The van der Waals surface area contributed by atoms with Gasteiger partial charge in [-0.2, -0.15) is 5.26 Å². The van der Waals surface area contributed by atoms with Crippen molar-refractivity contribution in [2.45, 2.75) is 0 Å². The third kappa shape index (κ3) is 2.72. The zero-order chi connectivity index (χ0) is 7.40. The number of carbonyl (C=O) groups is 1. The third-order valence-corrected chi connectivity index (χ3v) is 1.09. The van der Waals surface area contributed by atoms with Crippen molar-refractivity contribution in [3.05, 3.63) is 35.9 Å². The first-order valence-corrected chi connectivity index (χ1v) is 2.75. The van der Waals surface area contributed by atoms with Crippen molar-refractivity contribution in [3.8, 4) is 0 Å². The molecule has 1 aromatic carbocycles. The van der Waals surface area contributed by atoms with E-state index in [2.05, 4.69) is 4.89 Å². The van der Waals surface area contributed by atoms with Gasteiger partial charge < -0.3 is 0 Å². The van der Waals surface area contributed by atoms with Crippen LogP contribution in [0, 0.1) is 0 Å². The Morgan fingerprint density at radius 1 is 1.27 bits per heavy atom. The molecule has 0 spiro atoms. The van der Waals surface area contributed by atoms with Crippen LogP contribution in [0.3, 0.4) is 0 Å². The van der Waals surface area contributed by atoms with E-state index in [1.807, 2.05) is 0 Å². The number of benzene rings is 1. The topological polar surface area (TPSA) is 46.5 Å². The van der Waals surface area contributed by atoms with E-state index >= 15 is 0 Å². The third-order valence-electron chi connectivity index (χ3n) is 1.09. The van der Waals surface area contributed by atoms with Crippen molar-refractivity contribution in [2.24, 2.45) is 0 Å². The van der Waals surface area contributed by atoms with Gasteiger partial charge in [0.15, 0.2) is 0 Å². The van der Waals surface area contributed by atoms with Crippen molar-refractivity contribution < 1.29 is 32.0 Å². The summed E-state index contributed by atoms with van der Waals surface area (Å²) in [5.41, 5.74) is 0.338. The predicted octanol–water partition coefficient (Wildman–Crippen LogP) is 1.31. The predicted molar refractivity (Wildman–Crippen MR) is 34.5 cm³/mol. The minimum atomic E-state index is -0.736. The van der Waals surface area contributed by atoms with Crippen LogP contribution in [0.1, 0.15) is 10.4 Å². The monoisotopic (exact) mass is 201 g/mol. The molecule has 1 aromatic rings. The van der Waals surface area contributed by atoms with E-state index in [9.17, 15) is 4.79 Å². The first kappa shape index (κ1) is 10.2. The first-order chi connectivity index (χ1) is 4.84. The standard InChI is InChI=1S/C7H6O3.Cu/c8-7(10-9)6-4-2-1-3-5-6;/h1-5,9H;. The maximum atomic E-state index is 10.5. The van der Waals surface area contributed by atoms with E-state index in [1.54, 1.807) is 30.3 Å². The molecule has 0 unspecified atom stereocenters. The Labute approximate surface area is 74.4 Å². The Hall–Kier alpha value is -0.831. The molecule has 63 valence electrons. The Bertz CT molecular complexity index is 222. The second-order valence-electron chi connectivity index (χ2n) is 1.74. The van der Waals surface area contributed by atoms with Crippen LogP contribution in [-0.4, -0.2) is 11.2 Å². The second kappa shape index (κ2) is 4.91. The van der Waals surface area contributed by atoms with Gasteiger partial charge in [0.2, 0.25) is 0 Å². The Morgan fingerprint density at radius 3 is 2.27 bits per heavy atom. The molecule has 11 heavy (non-hydrogen) atoms. The molecule has 0 amide bonds. The second-order valence-corrected chi connectivity index (χ2v) is 1.74. The smallest absolute Gasteiger partial charge is 0.296 e. The average molecular weight is 202 g/mol. The van der Waals surface area contributed by atoms with Crippen LogP contribution in [0.2, 0.25) is 0 Å². The summed E-state index contributed by atoms with van der Waals surface area (Å²) in [6, 6.07) is 8.25. The quantitative estimate of drug-likeness (QED) is 0.424. The van der Waals surface area contributed by atoms with Gasteiger partial charge in [0.05, 0.1) is 5.56 Å². The molecule has 1 rings (SSSR count). The molecule has 0 bridgehead atoms. The molecule has 0 fully saturated rings. The SMILES string of the molecule is O=C(OO)c1ccccc1.[Cu]. The van der Waals surface area contributed by atoms with Gasteiger partial charge in [-0.15, -0.1) is 0 Å². The normalized spacial score (nSPS) is 8.09. The van der Waals surface area contributed by atoms with E-state index in [0.29, 0.717) is 5.56 Å². The van der Waals surface area contributed by atoms with Crippen molar-refractivity contribution in [2.75, 3.05) is 0 Å². The van der Waals surface area contributed by atoms with Gasteiger partial charge in [0, 0.05) is 17.1 Å². The summed E-state index contributed by atoms with van der Waals surface area (Å²) in [4.78, 5) is 14.0. The summed E-state index contributed by atoms with van der Waals surface area (Å²) in [7, 11) is 0. The fraction of sp³-hybridized carbons (Fsp3) is 0. The molecular formula is C7H6CuO3. The summed E-state index contributed by atoms with van der Waals surface area (Å²) >= 11 is 0. The van der Waals surface area contributed by atoms with Crippen molar-refractivity contribution >= 4 is 5.97 Å². The molecule has 0 saturated heterocycles. The summed E-state index contributed by atoms with van der Waals surface area (Å²) in [5.74, 6) is -0.736. The number of hydrogen-bond acceptors (Lipinski definition) is 3. The van der Waals surface area contributed by atoms with Gasteiger partial charge in [-0.3, -0.25) is 4.89 Å². The van der Waals surface area contributed by atoms with Gasteiger partial charge >= 0.3 is 5.97 Å². The van der Waals surface area contributed by atoms with Crippen molar-refractivity contribution in [1.82, 2.24) is 0 Å². The maximum absolute atomic E-state index is 10.5. The Kier molecular flexibility index (Phi) is 4.53. The molecule has 3 nitrogen and oxygen atoms in total. The zero-order valence-electron chi connectivity index (χ0n) is 5.45. The van der Waals surface area contributed by atoms with Crippen molar-refractivity contribution in [3.63, 3.8) is 0 Å². The molecule has 0 saturated carbocycles.